The number of hydrogen-bond donors (Lipinski definition) is 0. The molecular formula is C18H24N4OS. The van der Waals surface area contributed by atoms with Gasteiger partial charge in [0.1, 0.15) is 0 Å². The molecule has 4 rings (SSSR count). The second-order valence-corrected chi connectivity index (χ2v) is 8.29. The molecule has 0 aromatic carbocycles. The van der Waals surface area contributed by atoms with Crippen molar-refractivity contribution in [1.82, 2.24) is 19.7 Å². The molecule has 2 aliphatic rings. The molecule has 2 fully saturated rings. The zero-order chi connectivity index (χ0) is 16.4. The first-order valence-corrected chi connectivity index (χ1v) is 9.62. The number of likely N-dealkylation sites (tertiary alicyclic amines) is 1. The Kier molecular flexibility index (Phi) is 4.61. The summed E-state index contributed by atoms with van der Waals surface area (Å²) in [5.74, 6) is 1.11. The molecule has 0 aliphatic carbocycles. The molecule has 5 nitrogen and oxygen atoms in total. The maximum atomic E-state index is 6.08. The number of rotatable bonds is 6. The smallest absolute Gasteiger partial charge is 0.0892 e. The number of aromatic nitrogens is 3. The normalized spacial score (nSPS) is 22.8. The molecule has 2 aliphatic heterocycles. The van der Waals surface area contributed by atoms with Gasteiger partial charge in [-0.15, -0.1) is 11.8 Å². The summed E-state index contributed by atoms with van der Waals surface area (Å²) >= 11 is 2.09. The monoisotopic (exact) mass is 344 g/mol. The number of pyridine rings is 1. The molecule has 0 amide bonds. The molecule has 2 saturated heterocycles. The fourth-order valence-electron chi connectivity index (χ4n) is 3.62. The van der Waals surface area contributed by atoms with Gasteiger partial charge in [-0.25, -0.2) is 0 Å². The van der Waals surface area contributed by atoms with E-state index >= 15 is 0 Å². The van der Waals surface area contributed by atoms with Crippen molar-refractivity contribution < 1.29 is 4.74 Å². The molecule has 1 spiro atoms. The molecule has 6 heteroatoms. The number of thioether (sulfide) groups is 1. The molecule has 0 unspecified atom stereocenters. The van der Waals surface area contributed by atoms with Gasteiger partial charge in [-0.05, 0) is 25.5 Å². The van der Waals surface area contributed by atoms with Gasteiger partial charge in [0.25, 0.3) is 0 Å². The maximum Gasteiger partial charge on any atom is 0.0892 e. The Bertz CT molecular complexity index is 669. The zero-order valence-corrected chi connectivity index (χ0v) is 14.9. The summed E-state index contributed by atoms with van der Waals surface area (Å²) in [6.45, 7) is 7.03. The van der Waals surface area contributed by atoms with Gasteiger partial charge in [0, 0.05) is 54.6 Å². The van der Waals surface area contributed by atoms with E-state index in [1.54, 1.807) is 0 Å². The van der Waals surface area contributed by atoms with Gasteiger partial charge in [-0.1, -0.05) is 6.07 Å². The fourth-order valence-corrected chi connectivity index (χ4v) is 5.22. The summed E-state index contributed by atoms with van der Waals surface area (Å²) in [5.41, 5.74) is 2.34. The molecule has 2 aromatic heterocycles. The van der Waals surface area contributed by atoms with E-state index in [9.17, 15) is 0 Å². The van der Waals surface area contributed by atoms with E-state index in [4.69, 9.17) is 4.74 Å². The van der Waals surface area contributed by atoms with Crippen LogP contribution in [-0.2, 0) is 24.4 Å². The zero-order valence-electron chi connectivity index (χ0n) is 14.1. The Morgan fingerprint density at radius 2 is 2.29 bits per heavy atom. The van der Waals surface area contributed by atoms with Crippen molar-refractivity contribution in [2.45, 2.75) is 43.9 Å². The molecular weight excluding hydrogens is 320 g/mol. The number of hydrogen-bond acceptors (Lipinski definition) is 5. The summed E-state index contributed by atoms with van der Waals surface area (Å²) < 4.78 is 8.49. The first-order chi connectivity index (χ1) is 11.7. The molecule has 4 heterocycles. The molecule has 1 atom stereocenters. The third-order valence-electron chi connectivity index (χ3n) is 4.81. The van der Waals surface area contributed by atoms with Crippen LogP contribution in [0.5, 0.6) is 0 Å². The lowest BCUT2D eigenvalue weighted by Crippen LogP contribution is -2.58. The number of ether oxygens (including phenoxy) is 1. The Morgan fingerprint density at radius 3 is 3.04 bits per heavy atom. The van der Waals surface area contributed by atoms with Crippen LogP contribution in [0.15, 0.2) is 36.8 Å². The summed E-state index contributed by atoms with van der Waals surface area (Å²) in [4.78, 5) is 6.85. The van der Waals surface area contributed by atoms with Crippen molar-refractivity contribution in [3.8, 4) is 0 Å². The van der Waals surface area contributed by atoms with Crippen LogP contribution in [-0.4, -0.2) is 49.4 Å². The number of nitrogens with zero attached hydrogens (tertiary/aromatic N) is 4. The average Bonchev–Trinajstić information content (AvgIpc) is 3.21. The third-order valence-corrected chi connectivity index (χ3v) is 6.38. The quantitative estimate of drug-likeness (QED) is 0.806. The SMILES string of the molecule is CCn1cc(CN2CC3(C[C@H](OCc4ccccn4)CS3)C2)cn1. The third kappa shape index (κ3) is 3.50. The van der Waals surface area contributed by atoms with Crippen LogP contribution in [0.1, 0.15) is 24.6 Å². The maximum absolute atomic E-state index is 6.08. The van der Waals surface area contributed by atoms with Crippen molar-refractivity contribution >= 4 is 11.8 Å². The highest BCUT2D eigenvalue weighted by molar-refractivity contribution is 8.01. The highest BCUT2D eigenvalue weighted by Crippen LogP contribution is 2.46. The van der Waals surface area contributed by atoms with Crippen LogP contribution in [0.3, 0.4) is 0 Å². The van der Waals surface area contributed by atoms with Gasteiger partial charge >= 0.3 is 0 Å². The van der Waals surface area contributed by atoms with E-state index in [0.717, 1.165) is 31.0 Å². The van der Waals surface area contributed by atoms with Gasteiger partial charge in [-0.3, -0.25) is 14.6 Å². The van der Waals surface area contributed by atoms with Crippen LogP contribution < -0.4 is 0 Å². The Balaban J connectivity index is 1.23. The van der Waals surface area contributed by atoms with E-state index in [1.165, 1.54) is 18.7 Å². The molecule has 128 valence electrons. The lowest BCUT2D eigenvalue weighted by Gasteiger charge is -2.47. The summed E-state index contributed by atoms with van der Waals surface area (Å²) in [7, 11) is 0. The molecule has 24 heavy (non-hydrogen) atoms. The van der Waals surface area contributed by atoms with E-state index in [-0.39, 0.29) is 0 Å². The topological polar surface area (TPSA) is 43.2 Å². The highest BCUT2D eigenvalue weighted by Gasteiger charge is 2.49. The van der Waals surface area contributed by atoms with Gasteiger partial charge in [0.2, 0.25) is 0 Å². The molecule has 0 bridgehead atoms. The molecule has 0 radical (unpaired) electrons. The van der Waals surface area contributed by atoms with Crippen molar-refractivity contribution in [3.05, 3.63) is 48.0 Å². The number of aryl methyl sites for hydroxylation is 1. The Hall–Kier alpha value is -1.37. The van der Waals surface area contributed by atoms with Gasteiger partial charge < -0.3 is 4.74 Å². The van der Waals surface area contributed by atoms with Crippen LogP contribution in [0, 0.1) is 0 Å². The second kappa shape index (κ2) is 6.86. The largest absolute Gasteiger partial charge is 0.371 e. The van der Waals surface area contributed by atoms with Gasteiger partial charge in [0.05, 0.1) is 24.6 Å². The molecule has 0 saturated carbocycles. The van der Waals surface area contributed by atoms with Crippen molar-refractivity contribution in [1.29, 1.82) is 0 Å². The lowest BCUT2D eigenvalue weighted by atomic mass is 9.92. The van der Waals surface area contributed by atoms with E-state index < -0.39 is 0 Å². The van der Waals surface area contributed by atoms with Crippen molar-refractivity contribution in [2.75, 3.05) is 18.8 Å². The second-order valence-electron chi connectivity index (χ2n) is 6.80. The standard InChI is InChI=1S/C18H24N4OS/c1-2-22-10-15(8-20-22)9-21-13-18(14-21)7-17(12-24-18)23-11-16-5-3-4-6-19-16/h3-6,8,10,17H,2,7,9,11-14H2,1H3/t17-/m0/s1. The van der Waals surface area contributed by atoms with Crippen LogP contribution in [0.4, 0.5) is 0 Å². The van der Waals surface area contributed by atoms with Gasteiger partial charge in [-0.2, -0.15) is 5.10 Å². The summed E-state index contributed by atoms with van der Waals surface area (Å²) in [5, 5.41) is 4.36. The predicted molar refractivity (Wildman–Crippen MR) is 95.8 cm³/mol. The minimum absolute atomic E-state index is 0.363. The minimum Gasteiger partial charge on any atom is -0.371 e. The van der Waals surface area contributed by atoms with Crippen LogP contribution in [0.2, 0.25) is 0 Å². The lowest BCUT2D eigenvalue weighted by molar-refractivity contribution is 0.0251. The fraction of sp³-hybridized carbons (Fsp3) is 0.556. The summed E-state index contributed by atoms with van der Waals surface area (Å²) in [6.07, 6.45) is 7.51. The first-order valence-electron chi connectivity index (χ1n) is 8.64. The van der Waals surface area contributed by atoms with Crippen molar-refractivity contribution in [3.63, 3.8) is 0 Å². The Morgan fingerprint density at radius 1 is 1.38 bits per heavy atom. The van der Waals surface area contributed by atoms with Crippen LogP contribution >= 0.6 is 11.8 Å². The molecule has 0 N–H and O–H groups in total. The highest BCUT2D eigenvalue weighted by atomic mass is 32.2. The minimum atomic E-state index is 0.363. The summed E-state index contributed by atoms with van der Waals surface area (Å²) in [6, 6.07) is 5.98. The average molecular weight is 344 g/mol. The van der Waals surface area contributed by atoms with E-state index in [1.807, 2.05) is 35.3 Å². The van der Waals surface area contributed by atoms with E-state index in [0.29, 0.717) is 17.5 Å². The molecule has 2 aromatic rings. The first kappa shape index (κ1) is 16.1. The Labute approximate surface area is 147 Å². The van der Waals surface area contributed by atoms with E-state index in [2.05, 4.69) is 39.9 Å². The predicted octanol–water partition coefficient (Wildman–Crippen LogP) is 2.57. The van der Waals surface area contributed by atoms with Crippen molar-refractivity contribution in [2.24, 2.45) is 0 Å². The van der Waals surface area contributed by atoms with Crippen LogP contribution in [0.25, 0.3) is 0 Å². The van der Waals surface area contributed by atoms with Gasteiger partial charge in [0.15, 0.2) is 0 Å².